The molecular weight excluding hydrogens is 404 g/mol. The summed E-state index contributed by atoms with van der Waals surface area (Å²) in [6.45, 7) is 4.70. The maximum Gasteiger partial charge on any atom is 0.277 e. The Morgan fingerprint density at radius 2 is 1.97 bits per heavy atom. The molecular formula is C25H32N4O3. The zero-order valence-corrected chi connectivity index (χ0v) is 19.2. The number of amides is 1. The third-order valence-corrected chi connectivity index (χ3v) is 6.53. The van der Waals surface area contributed by atoms with E-state index in [9.17, 15) is 9.59 Å². The molecule has 0 bridgehead atoms. The van der Waals surface area contributed by atoms with Gasteiger partial charge in [-0.15, -0.1) is 0 Å². The minimum absolute atomic E-state index is 0.0222. The van der Waals surface area contributed by atoms with Crippen molar-refractivity contribution >= 4 is 11.6 Å². The van der Waals surface area contributed by atoms with Crippen LogP contribution in [-0.4, -0.2) is 33.2 Å². The molecule has 1 aliphatic carbocycles. The van der Waals surface area contributed by atoms with Crippen LogP contribution in [0.25, 0.3) is 16.9 Å². The number of fused-ring (bicyclic) bond motifs is 1. The second-order valence-electron chi connectivity index (χ2n) is 8.52. The molecule has 1 aromatic carbocycles. The lowest BCUT2D eigenvalue weighted by Gasteiger charge is -2.22. The van der Waals surface area contributed by atoms with Crippen LogP contribution < -0.4 is 15.6 Å². The van der Waals surface area contributed by atoms with Crippen LogP contribution in [0.3, 0.4) is 0 Å². The fourth-order valence-electron chi connectivity index (χ4n) is 4.79. The Bertz CT molecular complexity index is 1170. The summed E-state index contributed by atoms with van der Waals surface area (Å²) in [6.07, 6.45) is 6.43. The minimum atomic E-state index is -0.159. The van der Waals surface area contributed by atoms with Gasteiger partial charge in [0.1, 0.15) is 11.4 Å². The first-order valence-electron chi connectivity index (χ1n) is 11.6. The average Bonchev–Trinajstić information content (AvgIpc) is 3.25. The van der Waals surface area contributed by atoms with Crippen molar-refractivity contribution in [2.45, 2.75) is 71.4 Å². The fraction of sp³-hybridized carbons (Fsp3) is 0.480. The molecule has 0 aliphatic heterocycles. The fourth-order valence-corrected chi connectivity index (χ4v) is 4.79. The monoisotopic (exact) mass is 436 g/mol. The van der Waals surface area contributed by atoms with Crippen LogP contribution in [0.2, 0.25) is 0 Å². The molecule has 1 fully saturated rings. The van der Waals surface area contributed by atoms with Crippen LogP contribution in [0.4, 0.5) is 0 Å². The van der Waals surface area contributed by atoms with Gasteiger partial charge >= 0.3 is 0 Å². The van der Waals surface area contributed by atoms with E-state index in [0.717, 1.165) is 29.7 Å². The molecule has 1 N–H and O–H groups in total. The second kappa shape index (κ2) is 9.59. The summed E-state index contributed by atoms with van der Waals surface area (Å²) >= 11 is 0. The van der Waals surface area contributed by atoms with Gasteiger partial charge in [0, 0.05) is 41.9 Å². The Morgan fingerprint density at radius 3 is 2.69 bits per heavy atom. The smallest absolute Gasteiger partial charge is 0.277 e. The zero-order valence-electron chi connectivity index (χ0n) is 19.2. The van der Waals surface area contributed by atoms with E-state index in [1.165, 1.54) is 23.8 Å². The largest absolute Gasteiger partial charge is 0.496 e. The van der Waals surface area contributed by atoms with Gasteiger partial charge in [-0.25, -0.2) is 0 Å². The lowest BCUT2D eigenvalue weighted by Crippen LogP contribution is -2.36. The number of carbonyl (C=O) groups excluding carboxylic acids is 1. The third kappa shape index (κ3) is 4.29. The van der Waals surface area contributed by atoms with Gasteiger partial charge in [0.25, 0.3) is 5.56 Å². The Morgan fingerprint density at radius 1 is 1.22 bits per heavy atom. The first-order valence-corrected chi connectivity index (χ1v) is 11.6. The van der Waals surface area contributed by atoms with Crippen molar-refractivity contribution in [2.75, 3.05) is 7.11 Å². The molecule has 7 nitrogen and oxygen atoms in total. The predicted octanol–water partition coefficient (Wildman–Crippen LogP) is 3.88. The van der Waals surface area contributed by atoms with Gasteiger partial charge in [0.15, 0.2) is 0 Å². The van der Waals surface area contributed by atoms with E-state index in [-0.39, 0.29) is 17.5 Å². The number of nitrogens with zero attached hydrogens (tertiary/aromatic N) is 3. The van der Waals surface area contributed by atoms with Crippen molar-refractivity contribution in [3.63, 3.8) is 0 Å². The molecule has 7 heteroatoms. The maximum absolute atomic E-state index is 13.3. The van der Waals surface area contributed by atoms with Gasteiger partial charge < -0.3 is 14.6 Å². The van der Waals surface area contributed by atoms with Crippen molar-refractivity contribution in [2.24, 2.45) is 0 Å². The molecule has 1 aliphatic rings. The summed E-state index contributed by atoms with van der Waals surface area (Å²) in [5.74, 6) is 0.733. The number of ether oxygens (including phenoxy) is 1. The Kier molecular flexibility index (Phi) is 6.63. The zero-order chi connectivity index (χ0) is 22.7. The summed E-state index contributed by atoms with van der Waals surface area (Å²) in [5, 5.41) is 7.77. The summed E-state index contributed by atoms with van der Waals surface area (Å²) < 4.78 is 9.03. The van der Waals surface area contributed by atoms with Crippen molar-refractivity contribution in [3.8, 4) is 17.0 Å². The van der Waals surface area contributed by atoms with E-state index in [4.69, 9.17) is 4.74 Å². The maximum atomic E-state index is 13.3. The molecule has 0 unspecified atom stereocenters. The van der Waals surface area contributed by atoms with E-state index in [1.54, 1.807) is 7.11 Å². The van der Waals surface area contributed by atoms with Crippen LogP contribution in [0.5, 0.6) is 5.75 Å². The van der Waals surface area contributed by atoms with E-state index >= 15 is 0 Å². The summed E-state index contributed by atoms with van der Waals surface area (Å²) in [6, 6.07) is 9.86. The average molecular weight is 437 g/mol. The number of nitrogens with one attached hydrogen (secondary N) is 1. The number of methoxy groups -OCH3 is 1. The highest BCUT2D eigenvalue weighted by molar-refractivity contribution is 5.76. The quantitative estimate of drug-likeness (QED) is 0.610. The van der Waals surface area contributed by atoms with Gasteiger partial charge in [-0.3, -0.25) is 9.59 Å². The number of para-hydroxylation sites is 1. The van der Waals surface area contributed by atoms with Crippen molar-refractivity contribution in [3.05, 3.63) is 51.9 Å². The van der Waals surface area contributed by atoms with E-state index in [1.807, 2.05) is 44.2 Å². The highest BCUT2D eigenvalue weighted by atomic mass is 16.5. The van der Waals surface area contributed by atoms with Crippen LogP contribution >= 0.6 is 0 Å². The SMILES string of the molecule is CCn1c(C)c(CCC(=O)NC2CCCCC2)c(=O)n2nc(-c3ccccc3OC)cc12. The van der Waals surface area contributed by atoms with Gasteiger partial charge in [-0.2, -0.15) is 9.61 Å². The molecule has 4 rings (SSSR count). The van der Waals surface area contributed by atoms with Gasteiger partial charge in [-0.1, -0.05) is 31.4 Å². The minimum Gasteiger partial charge on any atom is -0.496 e. The molecule has 2 heterocycles. The standard InChI is InChI=1S/C25H32N4O3/c1-4-28-17(2)19(14-15-23(30)26-18-10-6-5-7-11-18)25(31)29-24(28)16-21(27-29)20-12-8-9-13-22(20)32-3/h8-9,12-13,16,18H,4-7,10-11,14-15H2,1-3H3,(H,26,30). The van der Waals surface area contributed by atoms with Crippen molar-refractivity contribution in [1.29, 1.82) is 0 Å². The molecule has 0 saturated heterocycles. The summed E-state index contributed by atoms with van der Waals surface area (Å²) in [5.41, 5.74) is 3.65. The molecule has 170 valence electrons. The number of aromatic nitrogens is 3. The second-order valence-corrected chi connectivity index (χ2v) is 8.52. The molecule has 2 aromatic heterocycles. The van der Waals surface area contributed by atoms with Crippen LogP contribution in [-0.2, 0) is 17.8 Å². The number of carbonyl (C=O) groups is 1. The third-order valence-electron chi connectivity index (χ3n) is 6.53. The topological polar surface area (TPSA) is 77.6 Å². The van der Waals surface area contributed by atoms with Crippen LogP contribution in [0.1, 0.15) is 56.7 Å². The van der Waals surface area contributed by atoms with E-state index in [2.05, 4.69) is 15.0 Å². The Balaban J connectivity index is 1.65. The number of benzene rings is 1. The number of hydrogen-bond donors (Lipinski definition) is 1. The Labute approximate surface area is 188 Å². The van der Waals surface area contributed by atoms with Crippen molar-refractivity contribution in [1.82, 2.24) is 19.5 Å². The molecule has 1 saturated carbocycles. The molecule has 0 radical (unpaired) electrons. The van der Waals surface area contributed by atoms with E-state index < -0.39 is 0 Å². The Hall–Kier alpha value is -3.09. The summed E-state index contributed by atoms with van der Waals surface area (Å²) in [7, 11) is 1.63. The molecule has 0 atom stereocenters. The predicted molar refractivity (Wildman–Crippen MR) is 125 cm³/mol. The molecule has 1 amide bonds. The van der Waals surface area contributed by atoms with Crippen molar-refractivity contribution < 1.29 is 9.53 Å². The van der Waals surface area contributed by atoms with Crippen LogP contribution in [0.15, 0.2) is 35.1 Å². The van der Waals surface area contributed by atoms with Gasteiger partial charge in [0.2, 0.25) is 5.91 Å². The van der Waals surface area contributed by atoms with Gasteiger partial charge in [-0.05, 0) is 45.2 Å². The van der Waals surface area contributed by atoms with Gasteiger partial charge in [0.05, 0.1) is 12.8 Å². The van der Waals surface area contributed by atoms with Crippen LogP contribution in [0, 0.1) is 6.92 Å². The highest BCUT2D eigenvalue weighted by Crippen LogP contribution is 2.29. The normalized spacial score (nSPS) is 14.6. The number of aryl methyl sites for hydroxylation is 1. The first kappa shape index (κ1) is 22.1. The first-order chi connectivity index (χ1) is 15.5. The molecule has 3 aromatic rings. The number of hydrogen-bond acceptors (Lipinski definition) is 4. The lowest BCUT2D eigenvalue weighted by atomic mass is 9.95. The van der Waals surface area contributed by atoms with E-state index in [0.29, 0.717) is 36.4 Å². The highest BCUT2D eigenvalue weighted by Gasteiger charge is 2.20. The lowest BCUT2D eigenvalue weighted by molar-refractivity contribution is -0.121. The molecule has 32 heavy (non-hydrogen) atoms. The molecule has 0 spiro atoms. The number of rotatable bonds is 7. The summed E-state index contributed by atoms with van der Waals surface area (Å²) in [4.78, 5) is 25.9.